The summed E-state index contributed by atoms with van der Waals surface area (Å²) < 4.78 is 1.94. The first kappa shape index (κ1) is 12.5. The molecule has 16 heavy (non-hydrogen) atoms. The van der Waals surface area contributed by atoms with Crippen LogP contribution in [0.15, 0.2) is 21.2 Å². The van der Waals surface area contributed by atoms with Crippen molar-refractivity contribution in [2.75, 3.05) is 6.54 Å². The first-order chi connectivity index (χ1) is 7.66. The van der Waals surface area contributed by atoms with Crippen molar-refractivity contribution in [3.8, 4) is 0 Å². The molecule has 0 radical (unpaired) electrons. The number of halogens is 2. The molecule has 1 atom stereocenters. The second-order valence-electron chi connectivity index (χ2n) is 4.12. The number of nitrogens with one attached hydrogen (secondary N) is 1. The first-order valence-corrected chi connectivity index (χ1v) is 6.94. The van der Waals surface area contributed by atoms with Gasteiger partial charge in [0.05, 0.1) is 11.8 Å². The topological polar surface area (TPSA) is 45.1 Å². The molecular formula is C11H14Br2N2O. The molecule has 0 spiro atoms. The summed E-state index contributed by atoms with van der Waals surface area (Å²) in [5.74, 6) is 0.522. The zero-order valence-corrected chi connectivity index (χ0v) is 12.0. The SMILES string of the molecule is OC(CNCc1ncc(Br)cc1Br)C1CC1. The lowest BCUT2D eigenvalue weighted by molar-refractivity contribution is 0.148. The smallest absolute Gasteiger partial charge is 0.0692 e. The van der Waals surface area contributed by atoms with E-state index in [9.17, 15) is 5.11 Å². The Balaban J connectivity index is 1.80. The minimum atomic E-state index is -0.200. The van der Waals surface area contributed by atoms with Gasteiger partial charge in [0.1, 0.15) is 0 Å². The van der Waals surface area contributed by atoms with Gasteiger partial charge in [0, 0.05) is 28.2 Å². The number of hydrogen-bond donors (Lipinski definition) is 2. The molecule has 1 unspecified atom stereocenters. The van der Waals surface area contributed by atoms with E-state index < -0.39 is 0 Å². The van der Waals surface area contributed by atoms with Crippen molar-refractivity contribution in [2.45, 2.75) is 25.5 Å². The molecule has 3 nitrogen and oxygen atoms in total. The molecule has 1 aromatic heterocycles. The summed E-state index contributed by atoms with van der Waals surface area (Å²) in [5, 5.41) is 12.9. The normalized spacial score (nSPS) is 17.4. The van der Waals surface area contributed by atoms with Crippen molar-refractivity contribution in [3.63, 3.8) is 0 Å². The van der Waals surface area contributed by atoms with E-state index in [0.717, 1.165) is 14.6 Å². The lowest BCUT2D eigenvalue weighted by atomic mass is 10.2. The molecule has 0 amide bonds. The minimum Gasteiger partial charge on any atom is -0.392 e. The second-order valence-corrected chi connectivity index (χ2v) is 5.89. The number of rotatable bonds is 5. The average Bonchev–Trinajstić information content (AvgIpc) is 3.04. The van der Waals surface area contributed by atoms with Crippen molar-refractivity contribution in [3.05, 3.63) is 26.9 Å². The monoisotopic (exact) mass is 348 g/mol. The molecule has 1 heterocycles. The molecule has 5 heteroatoms. The minimum absolute atomic E-state index is 0.200. The third-order valence-electron chi connectivity index (χ3n) is 2.70. The van der Waals surface area contributed by atoms with Gasteiger partial charge in [0.25, 0.3) is 0 Å². The van der Waals surface area contributed by atoms with Gasteiger partial charge in [0.15, 0.2) is 0 Å². The van der Waals surface area contributed by atoms with Gasteiger partial charge < -0.3 is 10.4 Å². The zero-order chi connectivity index (χ0) is 11.5. The lowest BCUT2D eigenvalue weighted by Crippen LogP contribution is -2.28. The molecule has 1 aromatic rings. The van der Waals surface area contributed by atoms with Gasteiger partial charge in [-0.05, 0) is 56.7 Å². The van der Waals surface area contributed by atoms with Gasteiger partial charge in [-0.2, -0.15) is 0 Å². The van der Waals surface area contributed by atoms with Crippen LogP contribution in [0.2, 0.25) is 0 Å². The number of aliphatic hydroxyl groups excluding tert-OH is 1. The van der Waals surface area contributed by atoms with E-state index in [1.54, 1.807) is 6.20 Å². The Morgan fingerprint density at radius 3 is 2.88 bits per heavy atom. The fourth-order valence-corrected chi connectivity index (χ4v) is 2.69. The highest BCUT2D eigenvalue weighted by Crippen LogP contribution is 2.32. The molecule has 2 rings (SSSR count). The number of aromatic nitrogens is 1. The highest BCUT2D eigenvalue weighted by molar-refractivity contribution is 9.11. The van der Waals surface area contributed by atoms with Gasteiger partial charge in [-0.25, -0.2) is 0 Å². The van der Waals surface area contributed by atoms with Crippen LogP contribution < -0.4 is 5.32 Å². The number of aliphatic hydroxyl groups is 1. The Morgan fingerprint density at radius 2 is 2.25 bits per heavy atom. The van der Waals surface area contributed by atoms with Crippen LogP contribution in [-0.2, 0) is 6.54 Å². The first-order valence-electron chi connectivity index (χ1n) is 5.35. The fraction of sp³-hybridized carbons (Fsp3) is 0.545. The molecule has 1 saturated carbocycles. The number of hydrogen-bond acceptors (Lipinski definition) is 3. The summed E-state index contributed by atoms with van der Waals surface area (Å²) in [6, 6.07) is 1.97. The molecule has 2 N–H and O–H groups in total. The summed E-state index contributed by atoms with van der Waals surface area (Å²) in [5.41, 5.74) is 0.964. The van der Waals surface area contributed by atoms with Crippen molar-refractivity contribution in [1.82, 2.24) is 10.3 Å². The van der Waals surface area contributed by atoms with Gasteiger partial charge in [0.2, 0.25) is 0 Å². The van der Waals surface area contributed by atoms with Crippen molar-refractivity contribution in [2.24, 2.45) is 5.92 Å². The fourth-order valence-electron chi connectivity index (χ4n) is 1.56. The van der Waals surface area contributed by atoms with E-state index in [1.165, 1.54) is 12.8 Å². The van der Waals surface area contributed by atoms with Gasteiger partial charge >= 0.3 is 0 Å². The number of pyridine rings is 1. The Kier molecular flexibility index (Phi) is 4.35. The maximum absolute atomic E-state index is 9.68. The van der Waals surface area contributed by atoms with Crippen LogP contribution in [0.3, 0.4) is 0 Å². The van der Waals surface area contributed by atoms with Crippen LogP contribution in [-0.4, -0.2) is 22.7 Å². The van der Waals surface area contributed by atoms with Gasteiger partial charge in [-0.3, -0.25) is 4.98 Å². The third-order valence-corrected chi connectivity index (χ3v) is 3.82. The van der Waals surface area contributed by atoms with E-state index in [1.807, 2.05) is 6.07 Å². The summed E-state index contributed by atoms with van der Waals surface area (Å²) >= 11 is 6.82. The predicted octanol–water partition coefficient (Wildman–Crippen LogP) is 2.47. The molecule has 0 bridgehead atoms. The van der Waals surface area contributed by atoms with Crippen LogP contribution in [0, 0.1) is 5.92 Å². The van der Waals surface area contributed by atoms with E-state index in [2.05, 4.69) is 42.2 Å². The zero-order valence-electron chi connectivity index (χ0n) is 8.79. The standard InChI is InChI=1S/C11H14Br2N2O/c12-8-3-9(13)10(15-4-8)5-14-6-11(16)7-1-2-7/h3-4,7,11,14,16H,1-2,5-6H2. The van der Waals surface area contributed by atoms with E-state index in [-0.39, 0.29) is 6.10 Å². The van der Waals surface area contributed by atoms with E-state index >= 15 is 0 Å². The van der Waals surface area contributed by atoms with Crippen LogP contribution in [0.4, 0.5) is 0 Å². The maximum atomic E-state index is 9.68. The van der Waals surface area contributed by atoms with Crippen LogP contribution in [0.5, 0.6) is 0 Å². The number of nitrogens with zero attached hydrogens (tertiary/aromatic N) is 1. The quantitative estimate of drug-likeness (QED) is 0.858. The van der Waals surface area contributed by atoms with Crippen molar-refractivity contribution in [1.29, 1.82) is 0 Å². The van der Waals surface area contributed by atoms with Crippen molar-refractivity contribution < 1.29 is 5.11 Å². The Hall–Kier alpha value is 0.0300. The van der Waals surface area contributed by atoms with Crippen LogP contribution in [0.1, 0.15) is 18.5 Å². The molecule has 88 valence electrons. The Morgan fingerprint density at radius 1 is 1.50 bits per heavy atom. The highest BCUT2D eigenvalue weighted by Gasteiger charge is 2.29. The molecular weight excluding hydrogens is 336 g/mol. The van der Waals surface area contributed by atoms with E-state index in [4.69, 9.17) is 0 Å². The molecule has 0 aliphatic heterocycles. The molecule has 1 aliphatic carbocycles. The predicted molar refractivity (Wildman–Crippen MR) is 70.1 cm³/mol. The molecule has 0 aromatic carbocycles. The molecule has 1 aliphatic rings. The largest absolute Gasteiger partial charge is 0.392 e. The second kappa shape index (κ2) is 5.58. The Labute approximate surface area is 112 Å². The summed E-state index contributed by atoms with van der Waals surface area (Å²) in [6.45, 7) is 1.33. The van der Waals surface area contributed by atoms with Gasteiger partial charge in [-0.15, -0.1) is 0 Å². The summed E-state index contributed by atoms with van der Waals surface area (Å²) in [6.07, 6.45) is 3.92. The van der Waals surface area contributed by atoms with E-state index in [0.29, 0.717) is 19.0 Å². The van der Waals surface area contributed by atoms with Crippen LogP contribution >= 0.6 is 31.9 Å². The third kappa shape index (κ3) is 3.52. The molecule has 1 fully saturated rings. The lowest BCUT2D eigenvalue weighted by Gasteiger charge is -2.11. The van der Waals surface area contributed by atoms with Gasteiger partial charge in [-0.1, -0.05) is 0 Å². The maximum Gasteiger partial charge on any atom is 0.0692 e. The summed E-state index contributed by atoms with van der Waals surface area (Å²) in [4.78, 5) is 4.30. The Bertz CT molecular complexity index is 369. The summed E-state index contributed by atoms with van der Waals surface area (Å²) in [7, 11) is 0. The highest BCUT2D eigenvalue weighted by atomic mass is 79.9. The van der Waals surface area contributed by atoms with Crippen molar-refractivity contribution >= 4 is 31.9 Å². The van der Waals surface area contributed by atoms with Crippen LogP contribution in [0.25, 0.3) is 0 Å². The average molecular weight is 350 g/mol. The molecule has 0 saturated heterocycles.